The van der Waals surface area contributed by atoms with E-state index >= 15 is 0 Å². The number of piperazine rings is 1. The molecule has 1 N–H and O–H groups in total. The number of nitrogens with zero attached hydrogens (tertiary/aromatic N) is 2. The van der Waals surface area contributed by atoms with Crippen LogP contribution in [0.1, 0.15) is 13.3 Å². The number of allylic oxidation sites excluding steroid dienone is 1. The predicted molar refractivity (Wildman–Crippen MR) is 58.4 cm³/mol. The van der Waals surface area contributed by atoms with Crippen molar-refractivity contribution < 1.29 is 9.59 Å². The van der Waals surface area contributed by atoms with Crippen molar-refractivity contribution in [2.45, 2.75) is 13.3 Å². The van der Waals surface area contributed by atoms with Gasteiger partial charge in [-0.15, -0.1) is 0 Å². The summed E-state index contributed by atoms with van der Waals surface area (Å²) in [5.41, 5.74) is 0.405. The highest BCUT2D eigenvalue weighted by Gasteiger charge is 2.17. The molecule has 0 aliphatic carbocycles. The van der Waals surface area contributed by atoms with Crippen LogP contribution in [0.3, 0.4) is 0 Å². The molecule has 0 aromatic rings. The number of ketones is 1. The number of carbonyl (C=O) groups is 2. The van der Waals surface area contributed by atoms with Crippen LogP contribution >= 0.6 is 0 Å². The topological polar surface area (TPSA) is 73.2 Å². The zero-order valence-corrected chi connectivity index (χ0v) is 9.32. The summed E-state index contributed by atoms with van der Waals surface area (Å²) in [7, 11) is 0. The van der Waals surface area contributed by atoms with Crippen LogP contribution in [-0.4, -0.2) is 42.8 Å². The Morgan fingerprint density at radius 1 is 1.44 bits per heavy atom. The van der Waals surface area contributed by atoms with Crippen molar-refractivity contribution >= 4 is 11.7 Å². The van der Waals surface area contributed by atoms with Gasteiger partial charge in [-0.2, -0.15) is 5.26 Å². The van der Waals surface area contributed by atoms with Crippen LogP contribution in [-0.2, 0) is 9.59 Å². The van der Waals surface area contributed by atoms with Gasteiger partial charge in [0.25, 0.3) is 0 Å². The van der Waals surface area contributed by atoms with Crippen LogP contribution in [0.5, 0.6) is 0 Å². The molecule has 0 spiro atoms. The van der Waals surface area contributed by atoms with Crippen LogP contribution < -0.4 is 5.32 Å². The van der Waals surface area contributed by atoms with Gasteiger partial charge in [-0.25, -0.2) is 0 Å². The maximum Gasteiger partial charge on any atom is 0.249 e. The fourth-order valence-electron chi connectivity index (χ4n) is 1.55. The molecule has 0 unspecified atom stereocenters. The highest BCUT2D eigenvalue weighted by Crippen LogP contribution is 2.03. The molecule has 86 valence electrons. The number of nitriles is 1. The molecule has 1 heterocycles. The lowest BCUT2D eigenvalue weighted by Crippen LogP contribution is -2.46. The predicted octanol–water partition coefficient (Wildman–Crippen LogP) is -0.153. The monoisotopic (exact) mass is 221 g/mol. The van der Waals surface area contributed by atoms with Gasteiger partial charge < -0.3 is 10.2 Å². The van der Waals surface area contributed by atoms with Crippen molar-refractivity contribution in [3.8, 4) is 6.07 Å². The number of hydrogen-bond donors (Lipinski definition) is 1. The van der Waals surface area contributed by atoms with Gasteiger partial charge in [-0.05, 0) is 13.0 Å². The third kappa shape index (κ3) is 3.48. The quantitative estimate of drug-likeness (QED) is 0.672. The van der Waals surface area contributed by atoms with E-state index in [2.05, 4.69) is 5.32 Å². The molecule has 5 nitrogen and oxygen atoms in total. The van der Waals surface area contributed by atoms with Crippen molar-refractivity contribution in [1.82, 2.24) is 10.2 Å². The summed E-state index contributed by atoms with van der Waals surface area (Å²) >= 11 is 0. The summed E-state index contributed by atoms with van der Waals surface area (Å²) in [4.78, 5) is 24.7. The first kappa shape index (κ1) is 12.4. The van der Waals surface area contributed by atoms with Gasteiger partial charge in [-0.1, -0.05) is 0 Å². The van der Waals surface area contributed by atoms with Gasteiger partial charge >= 0.3 is 0 Å². The largest absolute Gasteiger partial charge is 0.336 e. The number of rotatable bonds is 3. The lowest BCUT2D eigenvalue weighted by atomic mass is 10.1. The molecule has 5 heteroatoms. The summed E-state index contributed by atoms with van der Waals surface area (Å²) in [6.45, 7) is 4.50. The normalized spacial score (nSPS) is 16.8. The smallest absolute Gasteiger partial charge is 0.249 e. The maximum absolute atomic E-state index is 11.8. The van der Waals surface area contributed by atoms with E-state index in [1.807, 2.05) is 0 Å². The fourth-order valence-corrected chi connectivity index (χ4v) is 1.55. The maximum atomic E-state index is 11.8. The molecular formula is C11H15N3O2. The van der Waals surface area contributed by atoms with Crippen molar-refractivity contribution in [1.29, 1.82) is 5.26 Å². The summed E-state index contributed by atoms with van der Waals surface area (Å²) in [6.07, 6.45) is 1.08. The van der Waals surface area contributed by atoms with E-state index in [0.717, 1.165) is 13.1 Å². The Balaban J connectivity index is 2.58. The van der Waals surface area contributed by atoms with Crippen molar-refractivity contribution in [3.63, 3.8) is 0 Å². The number of carbonyl (C=O) groups excluding carboxylic acids is 2. The zero-order chi connectivity index (χ0) is 12.0. The minimum absolute atomic E-state index is 0.118. The van der Waals surface area contributed by atoms with E-state index in [-0.39, 0.29) is 18.1 Å². The summed E-state index contributed by atoms with van der Waals surface area (Å²) < 4.78 is 0. The third-order valence-electron chi connectivity index (χ3n) is 2.37. The first-order chi connectivity index (χ1) is 7.65. The molecule has 1 aliphatic heterocycles. The molecular weight excluding hydrogens is 206 g/mol. The Labute approximate surface area is 94.7 Å². The molecule has 0 saturated carbocycles. The van der Waals surface area contributed by atoms with E-state index in [4.69, 9.17) is 5.26 Å². The number of hydrogen-bond acceptors (Lipinski definition) is 4. The highest BCUT2D eigenvalue weighted by molar-refractivity contribution is 6.01. The molecule has 1 amide bonds. The average Bonchev–Trinajstić information content (AvgIpc) is 2.29. The van der Waals surface area contributed by atoms with Gasteiger partial charge in [0.05, 0.1) is 12.5 Å². The van der Waals surface area contributed by atoms with E-state index in [1.165, 1.54) is 6.08 Å². The second kappa shape index (κ2) is 6.03. The summed E-state index contributed by atoms with van der Waals surface area (Å²) in [5.74, 6) is -0.434. The fraction of sp³-hybridized carbons (Fsp3) is 0.545. The minimum Gasteiger partial charge on any atom is -0.336 e. The Morgan fingerprint density at radius 3 is 2.62 bits per heavy atom. The Morgan fingerprint density at radius 2 is 2.06 bits per heavy atom. The van der Waals surface area contributed by atoms with E-state index < -0.39 is 0 Å². The number of amides is 1. The van der Waals surface area contributed by atoms with Crippen molar-refractivity contribution in [2.75, 3.05) is 26.2 Å². The molecule has 0 atom stereocenters. The molecule has 1 aliphatic rings. The van der Waals surface area contributed by atoms with Crippen LogP contribution in [0.15, 0.2) is 11.6 Å². The molecule has 1 rings (SSSR count). The third-order valence-corrected chi connectivity index (χ3v) is 2.37. The highest BCUT2D eigenvalue weighted by atomic mass is 16.2. The zero-order valence-electron chi connectivity index (χ0n) is 9.32. The second-order valence-corrected chi connectivity index (χ2v) is 3.67. The minimum atomic E-state index is -0.316. The lowest BCUT2D eigenvalue weighted by Gasteiger charge is -2.27. The molecule has 1 fully saturated rings. The van der Waals surface area contributed by atoms with Gasteiger partial charge in [-0.3, -0.25) is 9.59 Å². The van der Waals surface area contributed by atoms with Gasteiger partial charge in [0.15, 0.2) is 5.78 Å². The van der Waals surface area contributed by atoms with Gasteiger partial charge in [0, 0.05) is 31.8 Å². The second-order valence-electron chi connectivity index (χ2n) is 3.67. The summed E-state index contributed by atoms with van der Waals surface area (Å²) in [5, 5.41) is 11.5. The van der Waals surface area contributed by atoms with Crippen LogP contribution in [0.4, 0.5) is 0 Å². The SMILES string of the molecule is C/C(=C\C(=O)CC#N)C(=O)N1CCNCC1. The van der Waals surface area contributed by atoms with Gasteiger partial charge in [0.2, 0.25) is 5.91 Å². The molecule has 0 bridgehead atoms. The lowest BCUT2D eigenvalue weighted by molar-refractivity contribution is -0.128. The van der Waals surface area contributed by atoms with Crippen molar-refractivity contribution in [3.05, 3.63) is 11.6 Å². The van der Waals surface area contributed by atoms with Gasteiger partial charge in [0.1, 0.15) is 0 Å². The number of nitrogens with one attached hydrogen (secondary N) is 1. The van der Waals surface area contributed by atoms with Crippen LogP contribution in [0.25, 0.3) is 0 Å². The van der Waals surface area contributed by atoms with Crippen LogP contribution in [0.2, 0.25) is 0 Å². The van der Waals surface area contributed by atoms with E-state index in [9.17, 15) is 9.59 Å². The standard InChI is InChI=1S/C11H15N3O2/c1-9(8-10(15)2-3-12)11(16)14-6-4-13-5-7-14/h8,13H,2,4-7H2,1H3/b9-8+. The summed E-state index contributed by atoms with van der Waals surface area (Å²) in [6, 6.07) is 1.76. The average molecular weight is 221 g/mol. The molecule has 0 aromatic heterocycles. The van der Waals surface area contributed by atoms with E-state index in [1.54, 1.807) is 17.9 Å². The Hall–Kier alpha value is -1.67. The van der Waals surface area contributed by atoms with Crippen LogP contribution in [0, 0.1) is 11.3 Å². The molecule has 16 heavy (non-hydrogen) atoms. The molecule has 1 saturated heterocycles. The Bertz CT molecular complexity index is 349. The van der Waals surface area contributed by atoms with Crippen molar-refractivity contribution in [2.24, 2.45) is 0 Å². The first-order valence-corrected chi connectivity index (χ1v) is 5.23. The molecule has 0 aromatic carbocycles. The van der Waals surface area contributed by atoms with E-state index in [0.29, 0.717) is 18.7 Å². The Kier molecular flexibility index (Phi) is 4.67. The molecule has 0 radical (unpaired) electrons. The first-order valence-electron chi connectivity index (χ1n) is 5.23.